The summed E-state index contributed by atoms with van der Waals surface area (Å²) in [7, 11) is -3.00. The molecule has 2 aromatic carbocycles. The molecule has 2 aromatic rings. The molecule has 0 saturated heterocycles. The van der Waals surface area contributed by atoms with Crippen molar-refractivity contribution < 1.29 is 14.0 Å². The second-order valence-electron chi connectivity index (χ2n) is 7.00. The lowest BCUT2D eigenvalue weighted by atomic mass is 10.3. The molecule has 0 aliphatic rings. The first-order valence-corrected chi connectivity index (χ1v) is 11.4. The Kier molecular flexibility index (Phi) is 7.52. The fourth-order valence-electron chi connectivity index (χ4n) is 3.48. The third kappa shape index (κ3) is 4.75. The van der Waals surface area contributed by atoms with Crippen LogP contribution in [0.5, 0.6) is 11.5 Å². The molecule has 4 nitrogen and oxygen atoms in total. The number of nitrogens with zero attached hydrogens (tertiary/aromatic N) is 1. The SMILES string of the molecule is CCOc1ccc(P(=O)(c2ccc(OCC)cc2)N(C(C)C)C(C)C)cc1. The van der Waals surface area contributed by atoms with Gasteiger partial charge in [-0.3, -0.25) is 4.57 Å². The Labute approximate surface area is 163 Å². The molecule has 0 atom stereocenters. The van der Waals surface area contributed by atoms with E-state index in [9.17, 15) is 4.57 Å². The van der Waals surface area contributed by atoms with Gasteiger partial charge in [-0.25, -0.2) is 4.67 Å². The zero-order valence-electron chi connectivity index (χ0n) is 17.3. The van der Waals surface area contributed by atoms with E-state index in [1.165, 1.54) is 0 Å². The van der Waals surface area contributed by atoms with Crippen molar-refractivity contribution >= 4 is 17.9 Å². The van der Waals surface area contributed by atoms with Gasteiger partial charge in [-0.2, -0.15) is 0 Å². The topological polar surface area (TPSA) is 38.8 Å². The van der Waals surface area contributed by atoms with Gasteiger partial charge in [0.05, 0.1) is 13.2 Å². The Balaban J connectivity index is 2.58. The number of rotatable bonds is 9. The molecule has 148 valence electrons. The Bertz CT molecular complexity index is 693. The van der Waals surface area contributed by atoms with E-state index in [0.717, 1.165) is 22.1 Å². The minimum atomic E-state index is -3.00. The van der Waals surface area contributed by atoms with Gasteiger partial charge in [-0.05, 0) is 90.1 Å². The van der Waals surface area contributed by atoms with Crippen molar-refractivity contribution in [1.29, 1.82) is 0 Å². The molecular weight excluding hydrogens is 357 g/mol. The smallest absolute Gasteiger partial charge is 0.207 e. The highest BCUT2D eigenvalue weighted by Gasteiger charge is 2.38. The van der Waals surface area contributed by atoms with Crippen LogP contribution in [0, 0.1) is 0 Å². The average Bonchev–Trinajstić information content (AvgIpc) is 2.62. The molecule has 2 rings (SSSR count). The molecule has 0 aliphatic heterocycles. The van der Waals surface area contributed by atoms with Gasteiger partial charge >= 0.3 is 0 Å². The van der Waals surface area contributed by atoms with E-state index < -0.39 is 7.29 Å². The van der Waals surface area contributed by atoms with E-state index in [1.807, 2.05) is 62.4 Å². The second kappa shape index (κ2) is 9.43. The average molecular weight is 389 g/mol. The molecule has 0 aromatic heterocycles. The quantitative estimate of drug-likeness (QED) is 0.576. The Hall–Kier alpha value is -1.77. The van der Waals surface area contributed by atoms with Crippen LogP contribution in [0.2, 0.25) is 0 Å². The molecule has 0 spiro atoms. The summed E-state index contributed by atoms with van der Waals surface area (Å²) in [5, 5.41) is 1.63. The van der Waals surface area contributed by atoms with E-state index in [4.69, 9.17) is 9.47 Å². The van der Waals surface area contributed by atoms with Crippen molar-refractivity contribution in [3.8, 4) is 11.5 Å². The summed E-state index contributed by atoms with van der Waals surface area (Å²) in [5.41, 5.74) is 0. The van der Waals surface area contributed by atoms with E-state index >= 15 is 0 Å². The highest BCUT2D eigenvalue weighted by molar-refractivity contribution is 7.76. The van der Waals surface area contributed by atoms with Crippen LogP contribution < -0.4 is 20.1 Å². The van der Waals surface area contributed by atoms with Gasteiger partial charge in [0.15, 0.2) is 0 Å². The van der Waals surface area contributed by atoms with Crippen molar-refractivity contribution in [2.45, 2.75) is 53.6 Å². The number of hydrogen-bond donors (Lipinski definition) is 0. The van der Waals surface area contributed by atoms with Gasteiger partial charge < -0.3 is 9.47 Å². The van der Waals surface area contributed by atoms with E-state index in [0.29, 0.717) is 13.2 Å². The first-order chi connectivity index (χ1) is 12.8. The Morgan fingerprint density at radius 3 is 1.33 bits per heavy atom. The monoisotopic (exact) mass is 389 g/mol. The molecule has 0 bridgehead atoms. The van der Waals surface area contributed by atoms with Crippen LogP contribution in [0.3, 0.4) is 0 Å². The standard InChI is InChI=1S/C22H32NO3P/c1-7-25-19-9-13-21(14-10-19)27(24,23(17(3)4)18(5)6)22-15-11-20(12-16-22)26-8-2/h9-18H,7-8H2,1-6H3. The van der Waals surface area contributed by atoms with Gasteiger partial charge in [0.25, 0.3) is 0 Å². The lowest BCUT2D eigenvalue weighted by Gasteiger charge is -2.38. The normalized spacial score (nSPS) is 12.0. The van der Waals surface area contributed by atoms with Crippen molar-refractivity contribution in [2.24, 2.45) is 0 Å². The van der Waals surface area contributed by atoms with Crippen molar-refractivity contribution in [2.75, 3.05) is 13.2 Å². The summed E-state index contributed by atoms with van der Waals surface area (Å²) in [6, 6.07) is 15.6. The van der Waals surface area contributed by atoms with Crippen LogP contribution in [0.1, 0.15) is 41.5 Å². The second-order valence-corrected chi connectivity index (χ2v) is 9.64. The van der Waals surface area contributed by atoms with Gasteiger partial charge in [-0.15, -0.1) is 0 Å². The molecule has 0 heterocycles. The maximum Gasteiger partial charge on any atom is 0.207 e. The molecule has 0 radical (unpaired) electrons. The molecule has 0 amide bonds. The fraction of sp³-hybridized carbons (Fsp3) is 0.455. The third-order valence-corrected chi connectivity index (χ3v) is 7.95. The first-order valence-electron chi connectivity index (χ1n) is 9.70. The van der Waals surface area contributed by atoms with Crippen LogP contribution in [0.4, 0.5) is 0 Å². The maximum absolute atomic E-state index is 14.6. The number of hydrogen-bond acceptors (Lipinski definition) is 3. The molecule has 0 fully saturated rings. The van der Waals surface area contributed by atoms with Gasteiger partial charge in [0.2, 0.25) is 7.29 Å². The van der Waals surface area contributed by atoms with Crippen molar-refractivity contribution in [3.05, 3.63) is 48.5 Å². The zero-order chi connectivity index (χ0) is 20.0. The van der Waals surface area contributed by atoms with E-state index in [-0.39, 0.29) is 12.1 Å². The Morgan fingerprint density at radius 1 is 0.741 bits per heavy atom. The van der Waals surface area contributed by atoms with Gasteiger partial charge in [0.1, 0.15) is 11.5 Å². The highest BCUT2D eigenvalue weighted by Crippen LogP contribution is 2.50. The van der Waals surface area contributed by atoms with Crippen LogP contribution in [-0.4, -0.2) is 30.0 Å². The van der Waals surface area contributed by atoms with Crippen molar-refractivity contribution in [1.82, 2.24) is 4.67 Å². The molecule has 5 heteroatoms. The third-order valence-electron chi connectivity index (χ3n) is 4.38. The lowest BCUT2D eigenvalue weighted by molar-refractivity contribution is 0.307. The predicted octanol–water partition coefficient (Wildman–Crippen LogP) is 4.83. The van der Waals surface area contributed by atoms with Crippen LogP contribution in [-0.2, 0) is 4.57 Å². The lowest BCUT2D eigenvalue weighted by Crippen LogP contribution is -2.41. The van der Waals surface area contributed by atoms with Crippen molar-refractivity contribution in [3.63, 3.8) is 0 Å². The minimum Gasteiger partial charge on any atom is -0.494 e. The molecule has 0 aliphatic carbocycles. The summed E-state index contributed by atoms with van der Waals surface area (Å²) < 4.78 is 27.8. The molecular formula is C22H32NO3P. The van der Waals surface area contributed by atoms with Gasteiger partial charge in [0, 0.05) is 22.7 Å². The largest absolute Gasteiger partial charge is 0.494 e. The minimum absolute atomic E-state index is 0.133. The maximum atomic E-state index is 14.6. The molecule has 0 saturated carbocycles. The van der Waals surface area contributed by atoms with E-state index in [2.05, 4.69) is 32.4 Å². The molecule has 0 N–H and O–H groups in total. The summed E-state index contributed by atoms with van der Waals surface area (Å²) in [4.78, 5) is 0. The van der Waals surface area contributed by atoms with E-state index in [1.54, 1.807) is 0 Å². The summed E-state index contributed by atoms with van der Waals surface area (Å²) >= 11 is 0. The molecule has 27 heavy (non-hydrogen) atoms. The summed E-state index contributed by atoms with van der Waals surface area (Å²) in [6.07, 6.45) is 0. The predicted molar refractivity (Wildman–Crippen MR) is 114 cm³/mol. The van der Waals surface area contributed by atoms with Crippen LogP contribution in [0.25, 0.3) is 0 Å². The fourth-order valence-corrected chi connectivity index (χ4v) is 6.72. The van der Waals surface area contributed by atoms with Crippen LogP contribution in [0.15, 0.2) is 48.5 Å². The number of ether oxygens (including phenoxy) is 2. The highest BCUT2D eigenvalue weighted by atomic mass is 31.2. The Morgan fingerprint density at radius 2 is 1.07 bits per heavy atom. The number of benzene rings is 2. The summed E-state index contributed by atoms with van der Waals surface area (Å²) in [6.45, 7) is 13.5. The van der Waals surface area contributed by atoms with Crippen LogP contribution >= 0.6 is 7.29 Å². The molecule has 0 unspecified atom stereocenters. The van der Waals surface area contributed by atoms with Gasteiger partial charge in [-0.1, -0.05) is 0 Å². The summed E-state index contributed by atoms with van der Waals surface area (Å²) in [5.74, 6) is 1.58. The first kappa shape index (κ1) is 21.5. The zero-order valence-corrected chi connectivity index (χ0v) is 18.2.